The van der Waals surface area contributed by atoms with Crippen molar-refractivity contribution in [1.82, 2.24) is 0 Å². The smallest absolute Gasteiger partial charge is 0.130 e. The van der Waals surface area contributed by atoms with Crippen molar-refractivity contribution in [3.05, 3.63) is 11.1 Å². The van der Waals surface area contributed by atoms with Gasteiger partial charge in [0, 0.05) is 18.1 Å². The fraction of sp³-hybridized carbons (Fsp3) is 0.800. The van der Waals surface area contributed by atoms with E-state index in [4.69, 9.17) is 16.7 Å². The van der Waals surface area contributed by atoms with Crippen molar-refractivity contribution in [1.29, 1.82) is 0 Å². The average Bonchev–Trinajstić information content (AvgIpc) is 2.32. The Labute approximate surface area is 116 Å². The lowest BCUT2D eigenvalue weighted by molar-refractivity contribution is -0.116. The Morgan fingerprint density at radius 3 is 2.11 bits per heavy atom. The van der Waals surface area contributed by atoms with E-state index in [1.54, 1.807) is 6.92 Å². The Morgan fingerprint density at radius 1 is 1.00 bits per heavy atom. The molecule has 2 nitrogen and oxygen atoms in total. The van der Waals surface area contributed by atoms with Crippen LogP contribution in [0, 0.1) is 0 Å². The number of carbonyl (C=O) groups is 1. The maximum Gasteiger partial charge on any atom is 0.130 e. The highest BCUT2D eigenvalue weighted by atomic mass is 35.5. The number of aliphatic hydroxyl groups is 1. The lowest BCUT2D eigenvalue weighted by Crippen LogP contribution is -1.87. The molecule has 0 aromatic carbocycles. The number of unbranched alkanes of at least 4 members (excludes halogenated alkanes) is 6. The van der Waals surface area contributed by atoms with E-state index in [1.807, 2.05) is 6.08 Å². The first-order chi connectivity index (χ1) is 8.66. The van der Waals surface area contributed by atoms with Gasteiger partial charge in [-0.3, -0.25) is 0 Å². The summed E-state index contributed by atoms with van der Waals surface area (Å²) >= 11 is 6.07. The van der Waals surface area contributed by atoms with Gasteiger partial charge in [0.05, 0.1) is 0 Å². The Morgan fingerprint density at radius 2 is 1.56 bits per heavy atom. The molecule has 0 aromatic heterocycles. The number of ketones is 1. The largest absolute Gasteiger partial charge is 0.396 e. The molecule has 0 fully saturated rings. The molecule has 106 valence electrons. The predicted octanol–water partition coefficient (Wildman–Crippen LogP) is 4.59. The van der Waals surface area contributed by atoms with Crippen molar-refractivity contribution in [2.24, 2.45) is 0 Å². The van der Waals surface area contributed by atoms with E-state index < -0.39 is 0 Å². The van der Waals surface area contributed by atoms with Crippen LogP contribution in [0.1, 0.15) is 71.1 Å². The zero-order valence-corrected chi connectivity index (χ0v) is 12.3. The van der Waals surface area contributed by atoms with Crippen molar-refractivity contribution in [3.63, 3.8) is 0 Å². The van der Waals surface area contributed by atoms with Crippen molar-refractivity contribution in [2.45, 2.75) is 71.1 Å². The molecule has 0 radical (unpaired) electrons. The summed E-state index contributed by atoms with van der Waals surface area (Å²) in [6.45, 7) is 1.93. The highest BCUT2D eigenvalue weighted by Crippen LogP contribution is 2.16. The molecule has 0 aliphatic carbocycles. The van der Waals surface area contributed by atoms with Gasteiger partial charge in [0.2, 0.25) is 0 Å². The first kappa shape index (κ1) is 17.7. The van der Waals surface area contributed by atoms with Gasteiger partial charge in [0.25, 0.3) is 0 Å². The number of carbonyl (C=O) groups excluding carboxylic acids is 1. The average molecular weight is 275 g/mol. The van der Waals surface area contributed by atoms with E-state index in [-0.39, 0.29) is 5.78 Å². The van der Waals surface area contributed by atoms with Gasteiger partial charge >= 0.3 is 0 Å². The minimum atomic E-state index is 0.221. The topological polar surface area (TPSA) is 37.3 Å². The Bertz CT molecular complexity index is 237. The second-order valence-corrected chi connectivity index (χ2v) is 5.33. The van der Waals surface area contributed by atoms with E-state index in [1.165, 1.54) is 25.7 Å². The zero-order chi connectivity index (χ0) is 13.6. The number of halogens is 1. The number of rotatable bonds is 12. The Hall–Kier alpha value is -0.340. The highest BCUT2D eigenvalue weighted by Gasteiger charge is 1.96. The van der Waals surface area contributed by atoms with Crippen LogP contribution in [0.3, 0.4) is 0 Å². The van der Waals surface area contributed by atoms with Gasteiger partial charge in [0.1, 0.15) is 5.78 Å². The van der Waals surface area contributed by atoms with Crippen molar-refractivity contribution >= 4 is 17.4 Å². The molecule has 3 heteroatoms. The summed E-state index contributed by atoms with van der Waals surface area (Å²) in [5, 5.41) is 9.53. The standard InChI is InChI=1S/C15H27ClO2/c1-14(18)10-9-12-15(16)11-7-5-3-2-4-6-8-13-17/h12,17H,2-11,13H2,1H3/b15-12+. The molecule has 0 saturated heterocycles. The molecule has 18 heavy (non-hydrogen) atoms. The van der Waals surface area contributed by atoms with Crippen LogP contribution in [-0.4, -0.2) is 17.5 Å². The molecule has 0 heterocycles. The minimum Gasteiger partial charge on any atom is -0.396 e. The van der Waals surface area contributed by atoms with E-state index in [9.17, 15) is 4.79 Å². The summed E-state index contributed by atoms with van der Waals surface area (Å²) in [6.07, 6.45) is 12.5. The van der Waals surface area contributed by atoms with Crippen LogP contribution in [0.5, 0.6) is 0 Å². The van der Waals surface area contributed by atoms with E-state index in [2.05, 4.69) is 0 Å². The molecule has 0 rings (SSSR count). The quantitative estimate of drug-likeness (QED) is 0.529. The molecule has 0 aliphatic heterocycles. The fourth-order valence-electron chi connectivity index (χ4n) is 1.82. The summed E-state index contributed by atoms with van der Waals surface area (Å²) in [5.74, 6) is 0.221. The molecular formula is C15H27ClO2. The van der Waals surface area contributed by atoms with Crippen LogP contribution in [0.25, 0.3) is 0 Å². The monoisotopic (exact) mass is 274 g/mol. The van der Waals surface area contributed by atoms with Crippen LogP contribution in [0.15, 0.2) is 11.1 Å². The lowest BCUT2D eigenvalue weighted by atomic mass is 10.1. The van der Waals surface area contributed by atoms with E-state index in [0.29, 0.717) is 13.0 Å². The number of hydrogen-bond acceptors (Lipinski definition) is 2. The highest BCUT2D eigenvalue weighted by molar-refractivity contribution is 6.29. The molecule has 0 aromatic rings. The SMILES string of the molecule is CC(=O)CC/C=C(/Cl)CCCCCCCCCO. The second-order valence-electron chi connectivity index (χ2n) is 4.84. The molecule has 0 amide bonds. The molecule has 0 unspecified atom stereocenters. The minimum absolute atomic E-state index is 0.221. The van der Waals surface area contributed by atoms with Crippen LogP contribution >= 0.6 is 11.6 Å². The van der Waals surface area contributed by atoms with Crippen molar-refractivity contribution in [3.8, 4) is 0 Å². The normalized spacial score (nSPS) is 11.8. The fourth-order valence-corrected chi connectivity index (χ4v) is 2.07. The van der Waals surface area contributed by atoms with Crippen LogP contribution < -0.4 is 0 Å². The van der Waals surface area contributed by atoms with Gasteiger partial charge in [-0.15, -0.1) is 0 Å². The number of allylic oxidation sites excluding steroid dienone is 2. The summed E-state index contributed by atoms with van der Waals surface area (Å²) in [5.41, 5.74) is 0. The van der Waals surface area contributed by atoms with Gasteiger partial charge in [-0.25, -0.2) is 0 Å². The summed E-state index contributed by atoms with van der Waals surface area (Å²) in [4.78, 5) is 10.7. The zero-order valence-electron chi connectivity index (χ0n) is 11.6. The third kappa shape index (κ3) is 13.7. The Kier molecular flexibility index (Phi) is 12.9. The first-order valence-corrected chi connectivity index (χ1v) is 7.49. The van der Waals surface area contributed by atoms with Crippen molar-refractivity contribution in [2.75, 3.05) is 6.61 Å². The van der Waals surface area contributed by atoms with Crippen LogP contribution in [-0.2, 0) is 4.79 Å². The summed E-state index contributed by atoms with van der Waals surface area (Å²) in [6, 6.07) is 0. The molecule has 0 bridgehead atoms. The van der Waals surface area contributed by atoms with Gasteiger partial charge in [-0.1, -0.05) is 49.8 Å². The molecule has 0 aliphatic rings. The molecular weight excluding hydrogens is 248 g/mol. The summed E-state index contributed by atoms with van der Waals surface area (Å²) in [7, 11) is 0. The third-order valence-corrected chi connectivity index (χ3v) is 3.28. The maximum atomic E-state index is 10.7. The predicted molar refractivity (Wildman–Crippen MR) is 77.9 cm³/mol. The van der Waals surface area contributed by atoms with E-state index >= 15 is 0 Å². The third-order valence-electron chi connectivity index (χ3n) is 2.94. The number of aliphatic hydroxyl groups excluding tert-OH is 1. The van der Waals surface area contributed by atoms with Gasteiger partial charge in [-0.2, -0.15) is 0 Å². The molecule has 0 saturated carbocycles. The van der Waals surface area contributed by atoms with E-state index in [0.717, 1.165) is 37.1 Å². The molecule has 0 atom stereocenters. The molecule has 0 spiro atoms. The Balaban J connectivity index is 3.29. The van der Waals surface area contributed by atoms with Gasteiger partial charge in [0.15, 0.2) is 0 Å². The number of hydrogen-bond donors (Lipinski definition) is 1. The lowest BCUT2D eigenvalue weighted by Gasteiger charge is -2.01. The number of Topliss-reactive ketones (excluding diaryl/α,β-unsaturated/α-hetero) is 1. The second kappa shape index (κ2) is 13.1. The van der Waals surface area contributed by atoms with Gasteiger partial charge < -0.3 is 9.90 Å². The maximum absolute atomic E-state index is 10.7. The van der Waals surface area contributed by atoms with Crippen LogP contribution in [0.2, 0.25) is 0 Å². The van der Waals surface area contributed by atoms with Gasteiger partial charge in [-0.05, 0) is 32.6 Å². The first-order valence-electron chi connectivity index (χ1n) is 7.11. The van der Waals surface area contributed by atoms with Crippen molar-refractivity contribution < 1.29 is 9.90 Å². The summed E-state index contributed by atoms with van der Waals surface area (Å²) < 4.78 is 0. The molecule has 1 N–H and O–H groups in total. The van der Waals surface area contributed by atoms with Crippen LogP contribution in [0.4, 0.5) is 0 Å².